The third kappa shape index (κ3) is 1.77. The number of rotatable bonds is 2. The molecule has 0 N–H and O–H groups in total. The van der Waals surface area contributed by atoms with Crippen molar-refractivity contribution >= 4 is 17.3 Å². The van der Waals surface area contributed by atoms with Gasteiger partial charge in [-0.25, -0.2) is 0 Å². The number of carbonyl (C=O) groups excluding carboxylic acids is 1. The monoisotopic (exact) mass is 158 g/mol. The Morgan fingerprint density at radius 1 is 1.90 bits per heavy atom. The molecular weight excluding hydrogens is 152 g/mol. The van der Waals surface area contributed by atoms with Crippen molar-refractivity contribution in [1.82, 2.24) is 10.2 Å². The Kier molecular flexibility index (Phi) is 2.33. The molecule has 0 bridgehead atoms. The van der Waals surface area contributed by atoms with E-state index in [0.717, 1.165) is 0 Å². The van der Waals surface area contributed by atoms with Gasteiger partial charge >= 0.3 is 5.97 Å². The summed E-state index contributed by atoms with van der Waals surface area (Å²) in [5, 5.41) is 7.93. The quantitative estimate of drug-likeness (QED) is 0.579. The normalized spacial score (nSPS) is 9.30. The second kappa shape index (κ2) is 3.26. The molecule has 0 spiro atoms. The Morgan fingerprint density at radius 3 is 3.20 bits per heavy atom. The van der Waals surface area contributed by atoms with Crippen molar-refractivity contribution in [1.29, 1.82) is 0 Å². The molecule has 0 unspecified atom stereocenters. The van der Waals surface area contributed by atoms with Crippen molar-refractivity contribution in [3.8, 4) is 0 Å². The Hall–Kier alpha value is -0.970. The molecule has 0 aliphatic heterocycles. The fourth-order valence-electron chi connectivity index (χ4n) is 0.469. The minimum Gasteiger partial charge on any atom is -0.469 e. The molecule has 0 aliphatic carbocycles. The molecule has 0 radical (unpaired) electrons. The van der Waals surface area contributed by atoms with E-state index >= 15 is 0 Å². The highest BCUT2D eigenvalue weighted by atomic mass is 32.1. The number of methoxy groups -OCH3 is 1. The summed E-state index contributed by atoms with van der Waals surface area (Å²) in [7, 11) is 1.35. The van der Waals surface area contributed by atoms with Gasteiger partial charge in [-0.3, -0.25) is 4.79 Å². The predicted octanol–water partition coefficient (Wildman–Crippen LogP) is 0.254. The fourth-order valence-corrected chi connectivity index (χ4v) is 0.980. The zero-order chi connectivity index (χ0) is 7.40. The summed E-state index contributed by atoms with van der Waals surface area (Å²) in [6.45, 7) is 0. The lowest BCUT2D eigenvalue weighted by molar-refractivity contribution is -0.139. The lowest BCUT2D eigenvalue weighted by Gasteiger charge is -1.91. The van der Waals surface area contributed by atoms with Gasteiger partial charge < -0.3 is 4.74 Å². The molecule has 0 atom stereocenters. The summed E-state index contributed by atoms with van der Waals surface area (Å²) in [4.78, 5) is 10.6. The molecule has 54 valence electrons. The molecule has 0 aromatic carbocycles. The van der Waals surface area contributed by atoms with Crippen molar-refractivity contribution in [2.24, 2.45) is 0 Å². The van der Waals surface area contributed by atoms with E-state index in [4.69, 9.17) is 0 Å². The van der Waals surface area contributed by atoms with Crippen LogP contribution >= 0.6 is 11.3 Å². The minimum atomic E-state index is -0.281. The summed E-state index contributed by atoms with van der Waals surface area (Å²) < 4.78 is 4.42. The van der Waals surface area contributed by atoms with Gasteiger partial charge in [0.25, 0.3) is 0 Å². The standard InChI is InChI=1S/C5H6N2O2S/c1-9-5(8)2-4-7-6-3-10-4/h3H,2H2,1H3. The van der Waals surface area contributed by atoms with E-state index in [1.807, 2.05) is 0 Å². The Balaban J connectivity index is 2.48. The van der Waals surface area contributed by atoms with Crippen LogP contribution in [0.15, 0.2) is 5.51 Å². The van der Waals surface area contributed by atoms with Crippen molar-refractivity contribution in [2.75, 3.05) is 7.11 Å². The summed E-state index contributed by atoms with van der Waals surface area (Å²) in [6, 6.07) is 0. The highest BCUT2D eigenvalue weighted by molar-refractivity contribution is 7.09. The van der Waals surface area contributed by atoms with Gasteiger partial charge in [0, 0.05) is 0 Å². The number of hydrogen-bond acceptors (Lipinski definition) is 5. The molecule has 1 rings (SSSR count). The summed E-state index contributed by atoms with van der Waals surface area (Å²) in [6.07, 6.45) is 0.223. The number of hydrogen-bond donors (Lipinski definition) is 0. The largest absolute Gasteiger partial charge is 0.469 e. The third-order valence-corrected chi connectivity index (χ3v) is 1.63. The van der Waals surface area contributed by atoms with Gasteiger partial charge in [-0.15, -0.1) is 21.5 Å². The van der Waals surface area contributed by atoms with E-state index in [0.29, 0.717) is 5.01 Å². The van der Waals surface area contributed by atoms with E-state index in [9.17, 15) is 4.79 Å². The second-order valence-electron chi connectivity index (χ2n) is 1.59. The van der Waals surface area contributed by atoms with Crippen LogP contribution in [0.1, 0.15) is 5.01 Å². The molecule has 1 aromatic rings. The van der Waals surface area contributed by atoms with Crippen molar-refractivity contribution < 1.29 is 9.53 Å². The van der Waals surface area contributed by atoms with Crippen LogP contribution in [0, 0.1) is 0 Å². The van der Waals surface area contributed by atoms with Crippen LogP contribution in [0.25, 0.3) is 0 Å². The van der Waals surface area contributed by atoms with Crippen LogP contribution in [0.5, 0.6) is 0 Å². The first kappa shape index (κ1) is 7.14. The lowest BCUT2D eigenvalue weighted by Crippen LogP contribution is -2.03. The summed E-state index contributed by atoms with van der Waals surface area (Å²) in [5.41, 5.74) is 1.58. The first-order valence-corrected chi connectivity index (χ1v) is 3.52. The summed E-state index contributed by atoms with van der Waals surface area (Å²) in [5.74, 6) is -0.281. The van der Waals surface area contributed by atoms with Gasteiger partial charge in [0.15, 0.2) is 0 Å². The van der Waals surface area contributed by atoms with Gasteiger partial charge in [-0.05, 0) is 0 Å². The van der Waals surface area contributed by atoms with Crippen LogP contribution in [-0.4, -0.2) is 23.3 Å². The van der Waals surface area contributed by atoms with Crippen LogP contribution < -0.4 is 0 Å². The highest BCUT2D eigenvalue weighted by Gasteiger charge is 2.04. The second-order valence-corrected chi connectivity index (χ2v) is 2.50. The molecule has 0 saturated heterocycles. The Labute approximate surface area is 61.8 Å². The number of aromatic nitrogens is 2. The van der Waals surface area contributed by atoms with E-state index < -0.39 is 0 Å². The Bertz CT molecular complexity index is 209. The van der Waals surface area contributed by atoms with Crippen molar-refractivity contribution in [2.45, 2.75) is 6.42 Å². The van der Waals surface area contributed by atoms with Gasteiger partial charge in [0.05, 0.1) is 13.5 Å². The van der Waals surface area contributed by atoms with Crippen molar-refractivity contribution in [3.05, 3.63) is 10.5 Å². The molecule has 10 heavy (non-hydrogen) atoms. The van der Waals surface area contributed by atoms with Crippen LogP contribution in [-0.2, 0) is 16.0 Å². The van der Waals surface area contributed by atoms with Gasteiger partial charge in [0.1, 0.15) is 10.5 Å². The zero-order valence-electron chi connectivity index (χ0n) is 5.40. The molecular formula is C5H6N2O2S. The Morgan fingerprint density at radius 2 is 2.70 bits per heavy atom. The van der Waals surface area contributed by atoms with Gasteiger partial charge in [-0.1, -0.05) is 0 Å². The molecule has 0 aliphatic rings. The molecule has 0 fully saturated rings. The van der Waals surface area contributed by atoms with Crippen LogP contribution in [0.4, 0.5) is 0 Å². The van der Waals surface area contributed by atoms with Crippen LogP contribution in [0.2, 0.25) is 0 Å². The maximum absolute atomic E-state index is 10.6. The highest BCUT2D eigenvalue weighted by Crippen LogP contribution is 2.02. The third-order valence-electron chi connectivity index (χ3n) is 0.928. The molecule has 5 heteroatoms. The van der Waals surface area contributed by atoms with E-state index in [-0.39, 0.29) is 12.4 Å². The number of carbonyl (C=O) groups is 1. The van der Waals surface area contributed by atoms with Crippen molar-refractivity contribution in [3.63, 3.8) is 0 Å². The maximum Gasteiger partial charge on any atom is 0.312 e. The van der Waals surface area contributed by atoms with Gasteiger partial charge in [-0.2, -0.15) is 0 Å². The maximum atomic E-state index is 10.6. The molecule has 1 heterocycles. The number of ether oxygens (including phenoxy) is 1. The fraction of sp³-hybridized carbons (Fsp3) is 0.400. The van der Waals surface area contributed by atoms with E-state index in [2.05, 4.69) is 14.9 Å². The first-order valence-electron chi connectivity index (χ1n) is 2.65. The average Bonchev–Trinajstić information content (AvgIpc) is 2.40. The predicted molar refractivity (Wildman–Crippen MR) is 35.6 cm³/mol. The number of nitrogens with zero attached hydrogens (tertiary/aromatic N) is 2. The summed E-state index contributed by atoms with van der Waals surface area (Å²) >= 11 is 1.34. The lowest BCUT2D eigenvalue weighted by atomic mass is 10.5. The molecule has 4 nitrogen and oxygen atoms in total. The topological polar surface area (TPSA) is 52.1 Å². The van der Waals surface area contributed by atoms with Crippen LogP contribution in [0.3, 0.4) is 0 Å². The first-order chi connectivity index (χ1) is 4.83. The minimum absolute atomic E-state index is 0.223. The smallest absolute Gasteiger partial charge is 0.312 e. The SMILES string of the molecule is COC(=O)Cc1nncs1. The van der Waals surface area contributed by atoms with E-state index in [1.54, 1.807) is 5.51 Å². The van der Waals surface area contributed by atoms with E-state index in [1.165, 1.54) is 18.4 Å². The molecule has 1 aromatic heterocycles. The molecule has 0 amide bonds. The number of esters is 1. The zero-order valence-corrected chi connectivity index (χ0v) is 6.22. The molecule has 0 saturated carbocycles. The average molecular weight is 158 g/mol. The van der Waals surface area contributed by atoms with Gasteiger partial charge in [0.2, 0.25) is 0 Å².